The van der Waals surface area contributed by atoms with Crippen molar-refractivity contribution in [2.75, 3.05) is 6.54 Å². The van der Waals surface area contributed by atoms with E-state index in [-0.39, 0.29) is 35.0 Å². The number of phenols is 2. The number of aromatic hydroxyl groups is 2. The van der Waals surface area contributed by atoms with Crippen LogP contribution < -0.4 is 0 Å². The average molecular weight is 303 g/mol. The first-order valence-corrected chi connectivity index (χ1v) is 7.99. The lowest BCUT2D eigenvalue weighted by Gasteiger charge is -2.59. The lowest BCUT2D eigenvalue weighted by Crippen LogP contribution is -2.61. The molecule has 1 aromatic carbocycles. The zero-order valence-electron chi connectivity index (χ0n) is 12.4. The van der Waals surface area contributed by atoms with Crippen molar-refractivity contribution in [1.82, 2.24) is 4.90 Å². The molecule has 1 aliphatic heterocycles. The Kier molecular flexibility index (Phi) is 2.92. The fourth-order valence-corrected chi connectivity index (χ4v) is 5.33. The predicted octanol–water partition coefficient (Wildman–Crippen LogP) is 1.28. The molecule has 4 unspecified atom stereocenters. The Hall–Kier alpha value is -1.75. The number of piperidine rings is 1. The smallest absolute Gasteiger partial charge is 0.209 e. The molecule has 5 heteroatoms. The summed E-state index contributed by atoms with van der Waals surface area (Å²) in [7, 11) is 0. The third-order valence-corrected chi connectivity index (χ3v) is 6.07. The molecule has 0 spiro atoms. The summed E-state index contributed by atoms with van der Waals surface area (Å²) in [5.74, 6) is 0.461. The quantitative estimate of drug-likeness (QED) is 0.683. The van der Waals surface area contributed by atoms with E-state index in [2.05, 4.69) is 0 Å². The first-order chi connectivity index (χ1) is 10.5. The monoisotopic (exact) mass is 303 g/mol. The molecule has 1 amide bonds. The van der Waals surface area contributed by atoms with Crippen molar-refractivity contribution in [2.45, 2.75) is 49.7 Å². The lowest BCUT2D eigenvalue weighted by atomic mass is 9.51. The average Bonchev–Trinajstić information content (AvgIpc) is 2.45. The van der Waals surface area contributed by atoms with Crippen LogP contribution in [-0.2, 0) is 16.6 Å². The number of likely N-dealkylation sites (tertiary alicyclic amines) is 1. The van der Waals surface area contributed by atoms with Gasteiger partial charge in [0.15, 0.2) is 0 Å². The molecule has 118 valence electrons. The van der Waals surface area contributed by atoms with E-state index in [1.165, 1.54) is 6.07 Å². The van der Waals surface area contributed by atoms with Gasteiger partial charge >= 0.3 is 0 Å². The van der Waals surface area contributed by atoms with Crippen LogP contribution in [0, 0.1) is 5.92 Å². The van der Waals surface area contributed by atoms with Crippen molar-refractivity contribution >= 4 is 6.41 Å². The standard InChI is InChI=1S/C17H21NO4/c19-9-18-4-3-17-8-11(20)1-2-13(17)14(18)6-10-5-12(21)7-15(22)16(10)17/h5,7,9,11,13-14,20-22H,1-4,6,8H2. The molecule has 5 nitrogen and oxygen atoms in total. The van der Waals surface area contributed by atoms with E-state index < -0.39 is 0 Å². The number of hydrogen-bond acceptors (Lipinski definition) is 4. The van der Waals surface area contributed by atoms with Gasteiger partial charge < -0.3 is 20.2 Å². The number of fused-ring (bicyclic) bond motifs is 1. The van der Waals surface area contributed by atoms with Crippen LogP contribution in [0.1, 0.15) is 36.8 Å². The second kappa shape index (κ2) is 4.62. The second-order valence-electron chi connectivity index (χ2n) is 7.06. The van der Waals surface area contributed by atoms with Crippen LogP contribution in [0.4, 0.5) is 0 Å². The van der Waals surface area contributed by atoms with E-state index in [9.17, 15) is 20.1 Å². The number of aliphatic hydroxyl groups excluding tert-OH is 1. The third-order valence-electron chi connectivity index (χ3n) is 6.07. The zero-order valence-corrected chi connectivity index (χ0v) is 12.4. The highest BCUT2D eigenvalue weighted by Gasteiger charge is 2.56. The van der Waals surface area contributed by atoms with Crippen molar-refractivity contribution in [1.29, 1.82) is 0 Å². The fraction of sp³-hybridized carbons (Fsp3) is 0.588. The van der Waals surface area contributed by atoms with Crippen LogP contribution in [0.15, 0.2) is 12.1 Å². The molecular formula is C17H21NO4. The summed E-state index contributed by atoms with van der Waals surface area (Å²) in [4.78, 5) is 13.3. The number of benzene rings is 1. The molecule has 0 aromatic heterocycles. The van der Waals surface area contributed by atoms with Gasteiger partial charge in [-0.1, -0.05) is 0 Å². The summed E-state index contributed by atoms with van der Waals surface area (Å²) >= 11 is 0. The van der Waals surface area contributed by atoms with Gasteiger partial charge in [0.05, 0.1) is 6.10 Å². The van der Waals surface area contributed by atoms with Gasteiger partial charge in [0.2, 0.25) is 6.41 Å². The largest absolute Gasteiger partial charge is 0.508 e. The minimum atomic E-state index is -0.362. The van der Waals surface area contributed by atoms with Crippen molar-refractivity contribution in [2.24, 2.45) is 5.92 Å². The van der Waals surface area contributed by atoms with Gasteiger partial charge in [-0.05, 0) is 49.7 Å². The van der Waals surface area contributed by atoms with Crippen molar-refractivity contribution in [3.05, 3.63) is 23.3 Å². The molecule has 3 aliphatic rings. The molecule has 1 heterocycles. The van der Waals surface area contributed by atoms with Crippen LogP contribution >= 0.6 is 0 Å². The molecule has 1 saturated carbocycles. The zero-order chi connectivity index (χ0) is 15.5. The highest BCUT2D eigenvalue weighted by atomic mass is 16.3. The summed E-state index contributed by atoms with van der Waals surface area (Å²) in [6.07, 6.45) is 4.24. The summed E-state index contributed by atoms with van der Waals surface area (Å²) in [5.41, 5.74) is 1.54. The molecule has 0 radical (unpaired) electrons. The van der Waals surface area contributed by atoms with E-state index in [1.54, 1.807) is 6.07 Å². The van der Waals surface area contributed by atoms with Crippen LogP contribution in [-0.4, -0.2) is 45.3 Å². The molecule has 4 atom stereocenters. The van der Waals surface area contributed by atoms with Gasteiger partial charge in [-0.3, -0.25) is 4.79 Å². The summed E-state index contributed by atoms with van der Waals surface area (Å²) < 4.78 is 0. The molecule has 22 heavy (non-hydrogen) atoms. The molecule has 4 rings (SSSR count). The predicted molar refractivity (Wildman–Crippen MR) is 79.7 cm³/mol. The Labute approximate surface area is 129 Å². The number of phenolic OH excluding ortho intramolecular Hbond substituents is 2. The van der Waals surface area contributed by atoms with E-state index in [1.807, 2.05) is 4.90 Å². The maximum Gasteiger partial charge on any atom is 0.209 e. The number of hydrogen-bond donors (Lipinski definition) is 3. The van der Waals surface area contributed by atoms with Gasteiger partial charge in [0.1, 0.15) is 11.5 Å². The molecule has 2 bridgehead atoms. The molecule has 1 saturated heterocycles. The number of carbonyl (C=O) groups excluding carboxylic acids is 1. The fourth-order valence-electron chi connectivity index (χ4n) is 5.33. The molecule has 2 fully saturated rings. The molecule has 3 N–H and O–H groups in total. The van der Waals surface area contributed by atoms with E-state index >= 15 is 0 Å². The Balaban J connectivity index is 1.92. The van der Waals surface area contributed by atoms with Crippen molar-refractivity contribution < 1.29 is 20.1 Å². The summed E-state index contributed by atoms with van der Waals surface area (Å²) in [6.45, 7) is 0.664. The van der Waals surface area contributed by atoms with Crippen LogP contribution in [0.3, 0.4) is 0 Å². The molecule has 2 aliphatic carbocycles. The first kappa shape index (κ1) is 13.9. The van der Waals surface area contributed by atoms with Crippen molar-refractivity contribution in [3.63, 3.8) is 0 Å². The Morgan fingerprint density at radius 3 is 2.86 bits per heavy atom. The highest BCUT2D eigenvalue weighted by molar-refractivity contribution is 5.56. The van der Waals surface area contributed by atoms with E-state index in [0.717, 1.165) is 36.8 Å². The van der Waals surface area contributed by atoms with Gasteiger partial charge in [-0.25, -0.2) is 0 Å². The summed E-state index contributed by atoms with van der Waals surface area (Å²) in [5, 5.41) is 30.5. The first-order valence-electron chi connectivity index (χ1n) is 7.99. The maximum absolute atomic E-state index is 11.4. The van der Waals surface area contributed by atoms with E-state index in [0.29, 0.717) is 19.4 Å². The number of aliphatic hydroxyl groups is 1. The normalized spacial score (nSPS) is 36.4. The highest BCUT2D eigenvalue weighted by Crippen LogP contribution is 2.58. The maximum atomic E-state index is 11.4. The lowest BCUT2D eigenvalue weighted by molar-refractivity contribution is -0.128. The van der Waals surface area contributed by atoms with E-state index in [4.69, 9.17) is 0 Å². The van der Waals surface area contributed by atoms with Gasteiger partial charge in [0, 0.05) is 29.6 Å². The number of carbonyl (C=O) groups is 1. The minimum Gasteiger partial charge on any atom is -0.508 e. The molecular weight excluding hydrogens is 282 g/mol. The SMILES string of the molecule is O=CN1CCC23CC(O)CCC2C1Cc1cc(O)cc(O)c13. The second-order valence-corrected chi connectivity index (χ2v) is 7.06. The van der Waals surface area contributed by atoms with Gasteiger partial charge in [-0.2, -0.15) is 0 Å². The minimum absolute atomic E-state index is 0.0539. The number of rotatable bonds is 1. The van der Waals surface area contributed by atoms with Gasteiger partial charge in [-0.15, -0.1) is 0 Å². The Morgan fingerprint density at radius 1 is 1.27 bits per heavy atom. The van der Waals surface area contributed by atoms with Crippen molar-refractivity contribution in [3.8, 4) is 11.5 Å². The Morgan fingerprint density at radius 2 is 2.09 bits per heavy atom. The van der Waals surface area contributed by atoms with Gasteiger partial charge in [0.25, 0.3) is 0 Å². The topological polar surface area (TPSA) is 81.0 Å². The van der Waals surface area contributed by atoms with Crippen LogP contribution in [0.5, 0.6) is 11.5 Å². The summed E-state index contributed by atoms with van der Waals surface area (Å²) in [6, 6.07) is 3.21. The molecule has 1 aromatic rings. The third kappa shape index (κ3) is 1.72. The van der Waals surface area contributed by atoms with Crippen LogP contribution in [0.2, 0.25) is 0 Å². The number of nitrogens with zero attached hydrogens (tertiary/aromatic N) is 1. The number of amides is 1. The Bertz CT molecular complexity index is 631. The van der Waals surface area contributed by atoms with Crippen LogP contribution in [0.25, 0.3) is 0 Å².